The van der Waals surface area contributed by atoms with Gasteiger partial charge in [0, 0.05) is 18.1 Å². The Bertz CT molecular complexity index is 546. The van der Waals surface area contributed by atoms with Crippen molar-refractivity contribution in [2.75, 3.05) is 0 Å². The Morgan fingerprint density at radius 1 is 1.44 bits per heavy atom. The number of imidazole rings is 1. The molecule has 0 amide bonds. The van der Waals surface area contributed by atoms with E-state index in [4.69, 9.17) is 10.8 Å². The van der Waals surface area contributed by atoms with Gasteiger partial charge in [-0.2, -0.15) is 0 Å². The van der Waals surface area contributed by atoms with Crippen LogP contribution < -0.4 is 5.73 Å². The minimum atomic E-state index is -0.982. The Kier molecular flexibility index (Phi) is 3.43. The van der Waals surface area contributed by atoms with Crippen molar-refractivity contribution >= 4 is 5.97 Å². The predicted octanol–water partition coefficient (Wildman–Crippen LogP) is 1.14. The van der Waals surface area contributed by atoms with E-state index in [2.05, 4.69) is 4.98 Å². The largest absolute Gasteiger partial charge is 0.480 e. The van der Waals surface area contributed by atoms with Crippen molar-refractivity contribution in [2.45, 2.75) is 19.4 Å². The number of hydrogen-bond acceptors (Lipinski definition) is 3. The quantitative estimate of drug-likeness (QED) is 0.846. The molecule has 18 heavy (non-hydrogen) atoms. The molecular weight excluding hydrogens is 230 g/mol. The molecule has 5 heteroatoms. The van der Waals surface area contributed by atoms with Crippen LogP contribution in [-0.4, -0.2) is 26.7 Å². The Labute approximate surface area is 105 Å². The number of aliphatic carboxylic acids is 1. The lowest BCUT2D eigenvalue weighted by molar-refractivity contribution is -0.138. The fourth-order valence-corrected chi connectivity index (χ4v) is 1.78. The highest BCUT2D eigenvalue weighted by Crippen LogP contribution is 2.12. The normalized spacial score (nSPS) is 12.3. The molecule has 0 spiro atoms. The van der Waals surface area contributed by atoms with Gasteiger partial charge in [0.05, 0.1) is 0 Å². The first-order valence-electron chi connectivity index (χ1n) is 5.65. The molecule has 1 atom stereocenters. The van der Waals surface area contributed by atoms with Crippen LogP contribution in [0.5, 0.6) is 0 Å². The Hall–Kier alpha value is -2.14. The van der Waals surface area contributed by atoms with Gasteiger partial charge in [0.2, 0.25) is 0 Å². The molecule has 0 fully saturated rings. The lowest BCUT2D eigenvalue weighted by atomic mass is 10.1. The molecule has 1 heterocycles. The number of rotatable bonds is 4. The summed E-state index contributed by atoms with van der Waals surface area (Å²) >= 11 is 0. The third kappa shape index (κ3) is 2.57. The first-order chi connectivity index (χ1) is 8.58. The van der Waals surface area contributed by atoms with Crippen LogP contribution in [0.1, 0.15) is 11.4 Å². The summed E-state index contributed by atoms with van der Waals surface area (Å²) in [5, 5.41) is 8.75. The minimum Gasteiger partial charge on any atom is -0.480 e. The summed E-state index contributed by atoms with van der Waals surface area (Å²) in [6.45, 7) is 1.92. The van der Waals surface area contributed by atoms with Gasteiger partial charge in [0.25, 0.3) is 0 Å². The molecule has 1 aromatic carbocycles. The standard InChI is InChI=1S/C13H15N3O2/c1-9-15-6-7-16(9)11-4-2-10(3-5-11)8-12(14)13(17)18/h2-7,12H,8,14H2,1H3,(H,17,18). The van der Waals surface area contributed by atoms with Crippen molar-refractivity contribution < 1.29 is 9.90 Å². The molecule has 0 aliphatic rings. The highest BCUT2D eigenvalue weighted by molar-refractivity contribution is 5.73. The second kappa shape index (κ2) is 5.01. The van der Waals surface area contributed by atoms with Crippen molar-refractivity contribution in [3.05, 3.63) is 48.0 Å². The van der Waals surface area contributed by atoms with Crippen LogP contribution >= 0.6 is 0 Å². The number of benzene rings is 1. The first-order valence-corrected chi connectivity index (χ1v) is 5.65. The Morgan fingerprint density at radius 2 is 2.11 bits per heavy atom. The summed E-state index contributed by atoms with van der Waals surface area (Å²) in [5.74, 6) is -0.0745. The van der Waals surface area contributed by atoms with Gasteiger partial charge in [0.1, 0.15) is 11.9 Å². The van der Waals surface area contributed by atoms with Gasteiger partial charge in [0.15, 0.2) is 0 Å². The smallest absolute Gasteiger partial charge is 0.320 e. The first kappa shape index (κ1) is 12.3. The van der Waals surface area contributed by atoms with E-state index in [0.29, 0.717) is 6.42 Å². The third-order valence-electron chi connectivity index (χ3n) is 2.81. The lowest BCUT2D eigenvalue weighted by Crippen LogP contribution is -2.32. The van der Waals surface area contributed by atoms with Crippen molar-refractivity contribution in [1.29, 1.82) is 0 Å². The van der Waals surface area contributed by atoms with Crippen LogP contribution in [0.2, 0.25) is 0 Å². The van der Waals surface area contributed by atoms with Crippen LogP contribution in [0.4, 0.5) is 0 Å². The Morgan fingerprint density at radius 3 is 2.61 bits per heavy atom. The van der Waals surface area contributed by atoms with Crippen LogP contribution in [0, 0.1) is 6.92 Å². The summed E-state index contributed by atoms with van der Waals surface area (Å²) in [7, 11) is 0. The van der Waals surface area contributed by atoms with E-state index >= 15 is 0 Å². The molecule has 2 rings (SSSR count). The zero-order chi connectivity index (χ0) is 13.1. The van der Waals surface area contributed by atoms with Gasteiger partial charge in [-0.15, -0.1) is 0 Å². The number of carboxylic acid groups (broad SMARTS) is 1. The summed E-state index contributed by atoms with van der Waals surface area (Å²) in [5.41, 5.74) is 7.40. The minimum absolute atomic E-state index is 0.332. The zero-order valence-electron chi connectivity index (χ0n) is 10.1. The maximum atomic E-state index is 10.7. The molecule has 0 aliphatic heterocycles. The molecule has 1 aromatic heterocycles. The topological polar surface area (TPSA) is 81.1 Å². The second-order valence-electron chi connectivity index (χ2n) is 4.16. The molecule has 0 saturated carbocycles. The molecule has 2 aromatic rings. The van der Waals surface area contributed by atoms with Crippen molar-refractivity contribution in [3.8, 4) is 5.69 Å². The summed E-state index contributed by atoms with van der Waals surface area (Å²) in [6.07, 6.45) is 3.95. The van der Waals surface area contributed by atoms with Crippen LogP contribution in [0.3, 0.4) is 0 Å². The fraction of sp³-hybridized carbons (Fsp3) is 0.231. The molecule has 0 radical (unpaired) electrons. The number of aryl methyl sites for hydroxylation is 1. The number of aromatic nitrogens is 2. The maximum absolute atomic E-state index is 10.7. The van der Waals surface area contributed by atoms with E-state index in [-0.39, 0.29) is 0 Å². The van der Waals surface area contributed by atoms with E-state index in [1.807, 2.05) is 42.0 Å². The highest BCUT2D eigenvalue weighted by Gasteiger charge is 2.11. The number of nitrogens with two attached hydrogens (primary N) is 1. The SMILES string of the molecule is Cc1nccn1-c1ccc(CC(N)C(=O)O)cc1. The van der Waals surface area contributed by atoms with Gasteiger partial charge in [-0.3, -0.25) is 4.79 Å². The molecule has 3 N–H and O–H groups in total. The molecule has 0 bridgehead atoms. The molecular formula is C13H15N3O2. The maximum Gasteiger partial charge on any atom is 0.320 e. The third-order valence-corrected chi connectivity index (χ3v) is 2.81. The van der Waals surface area contributed by atoms with Gasteiger partial charge >= 0.3 is 5.97 Å². The van der Waals surface area contributed by atoms with E-state index in [9.17, 15) is 4.79 Å². The van der Waals surface area contributed by atoms with Crippen molar-refractivity contribution in [3.63, 3.8) is 0 Å². The van der Waals surface area contributed by atoms with E-state index in [1.165, 1.54) is 0 Å². The Balaban J connectivity index is 2.16. The zero-order valence-corrected chi connectivity index (χ0v) is 10.1. The van der Waals surface area contributed by atoms with Crippen LogP contribution in [0.25, 0.3) is 5.69 Å². The highest BCUT2D eigenvalue weighted by atomic mass is 16.4. The fourth-order valence-electron chi connectivity index (χ4n) is 1.78. The van der Waals surface area contributed by atoms with E-state index < -0.39 is 12.0 Å². The summed E-state index contributed by atoms with van der Waals surface area (Å²) in [4.78, 5) is 14.8. The molecule has 0 saturated heterocycles. The average molecular weight is 245 g/mol. The number of carboxylic acids is 1. The van der Waals surface area contributed by atoms with Crippen molar-refractivity contribution in [2.24, 2.45) is 5.73 Å². The van der Waals surface area contributed by atoms with Crippen LogP contribution in [-0.2, 0) is 11.2 Å². The van der Waals surface area contributed by atoms with E-state index in [1.54, 1.807) is 6.20 Å². The molecule has 5 nitrogen and oxygen atoms in total. The average Bonchev–Trinajstić information content (AvgIpc) is 2.76. The lowest BCUT2D eigenvalue weighted by Gasteiger charge is -2.08. The molecule has 0 aliphatic carbocycles. The summed E-state index contributed by atoms with van der Waals surface area (Å²) < 4.78 is 1.96. The molecule has 94 valence electrons. The summed E-state index contributed by atoms with van der Waals surface area (Å²) in [6, 6.07) is 6.78. The van der Waals surface area contributed by atoms with Crippen LogP contribution in [0.15, 0.2) is 36.7 Å². The second-order valence-corrected chi connectivity index (χ2v) is 4.16. The molecule has 1 unspecified atom stereocenters. The van der Waals surface area contributed by atoms with Gasteiger partial charge in [-0.05, 0) is 31.0 Å². The van der Waals surface area contributed by atoms with Crippen molar-refractivity contribution in [1.82, 2.24) is 9.55 Å². The predicted molar refractivity (Wildman–Crippen MR) is 67.6 cm³/mol. The number of nitrogens with zero attached hydrogens (tertiary/aromatic N) is 2. The van der Waals surface area contributed by atoms with Gasteiger partial charge in [-0.1, -0.05) is 12.1 Å². The number of hydrogen-bond donors (Lipinski definition) is 2. The monoisotopic (exact) mass is 245 g/mol. The van der Waals surface area contributed by atoms with E-state index in [0.717, 1.165) is 17.1 Å². The van der Waals surface area contributed by atoms with Gasteiger partial charge in [-0.25, -0.2) is 4.98 Å². The van der Waals surface area contributed by atoms with Gasteiger partial charge < -0.3 is 15.4 Å². The number of carbonyl (C=O) groups is 1.